The molecule has 1 aliphatic heterocycles. The van der Waals surface area contributed by atoms with E-state index in [1.807, 2.05) is 0 Å². The Morgan fingerprint density at radius 3 is 2.50 bits per heavy atom. The van der Waals surface area contributed by atoms with E-state index >= 15 is 0 Å². The lowest BCUT2D eigenvalue weighted by Gasteiger charge is -2.37. The predicted molar refractivity (Wildman–Crippen MR) is 140 cm³/mol. The van der Waals surface area contributed by atoms with Crippen LogP contribution in [0.15, 0.2) is 76.8 Å². The van der Waals surface area contributed by atoms with Crippen molar-refractivity contribution >= 4 is 20.0 Å². The molecule has 0 spiro atoms. The first kappa shape index (κ1) is 28.1. The van der Waals surface area contributed by atoms with Crippen LogP contribution < -0.4 is 4.74 Å². The number of fused-ring (bicyclic) bond motifs is 1. The fraction of sp³-hybridized carbons (Fsp3) is 0.346. The quantitative estimate of drug-likeness (QED) is 0.470. The van der Waals surface area contributed by atoms with Crippen LogP contribution in [0.2, 0.25) is 0 Å². The molecule has 38 heavy (non-hydrogen) atoms. The van der Waals surface area contributed by atoms with Gasteiger partial charge in [0.25, 0.3) is 0 Å². The normalized spacial score (nSPS) is 20.7. The standard InChI is InChI=1S/C26H30FN3O6S2/c1-18-15-30(19(2)17-31)38(34,35)26-9-8-21(20-10-12-28-13-11-20)14-23(26)36-24(18)16-29(3)37(32,33)25-7-5-4-6-22(25)27/h4-14,18-19,24,31H,15-17H2,1-3H3/t18-,19-,24+/m0/s1. The number of hydrogen-bond donors (Lipinski definition) is 1. The van der Waals surface area contributed by atoms with Gasteiger partial charge >= 0.3 is 0 Å². The number of aromatic nitrogens is 1. The second kappa shape index (κ2) is 11.1. The van der Waals surface area contributed by atoms with Crippen molar-refractivity contribution in [1.29, 1.82) is 0 Å². The molecule has 0 saturated carbocycles. The predicted octanol–water partition coefficient (Wildman–Crippen LogP) is 2.98. The zero-order valence-corrected chi connectivity index (χ0v) is 22.9. The van der Waals surface area contributed by atoms with Crippen molar-refractivity contribution in [2.24, 2.45) is 5.92 Å². The monoisotopic (exact) mass is 563 g/mol. The summed E-state index contributed by atoms with van der Waals surface area (Å²) in [5.41, 5.74) is 1.47. The number of halogens is 1. The van der Waals surface area contributed by atoms with Gasteiger partial charge in [0.2, 0.25) is 20.0 Å². The highest BCUT2D eigenvalue weighted by molar-refractivity contribution is 7.89. The Morgan fingerprint density at radius 1 is 1.16 bits per heavy atom. The third-order valence-corrected chi connectivity index (χ3v) is 10.5. The summed E-state index contributed by atoms with van der Waals surface area (Å²) in [5, 5.41) is 9.81. The smallest absolute Gasteiger partial charge is 0.247 e. The van der Waals surface area contributed by atoms with E-state index < -0.39 is 55.4 Å². The Labute approximate surface area is 222 Å². The Bertz CT molecular complexity index is 1500. The summed E-state index contributed by atoms with van der Waals surface area (Å²) in [6, 6.07) is 12.6. The lowest BCUT2D eigenvalue weighted by Crippen LogP contribution is -2.50. The van der Waals surface area contributed by atoms with Gasteiger partial charge in [0, 0.05) is 37.9 Å². The number of aliphatic hydroxyl groups excluding tert-OH is 1. The molecule has 9 nitrogen and oxygen atoms in total. The van der Waals surface area contributed by atoms with E-state index in [9.17, 15) is 26.3 Å². The van der Waals surface area contributed by atoms with Crippen molar-refractivity contribution in [2.75, 3.05) is 26.7 Å². The number of rotatable bonds is 7. The molecule has 0 amide bonds. The maximum absolute atomic E-state index is 14.3. The van der Waals surface area contributed by atoms with E-state index in [2.05, 4.69) is 4.98 Å². The van der Waals surface area contributed by atoms with Gasteiger partial charge in [-0.15, -0.1) is 0 Å². The summed E-state index contributed by atoms with van der Waals surface area (Å²) in [7, 11) is -6.93. The number of benzene rings is 2. The second-order valence-electron chi connectivity index (χ2n) is 9.35. The molecule has 0 aliphatic carbocycles. The minimum Gasteiger partial charge on any atom is -0.487 e. The third kappa shape index (κ3) is 5.45. The Kier molecular flexibility index (Phi) is 8.19. The van der Waals surface area contributed by atoms with Gasteiger partial charge in [0.15, 0.2) is 0 Å². The third-order valence-electron chi connectivity index (χ3n) is 6.64. The molecule has 12 heteroatoms. The SMILES string of the molecule is C[C@H]1CN([C@@H](C)CO)S(=O)(=O)c2ccc(-c3ccncc3)cc2O[C@@H]1CN(C)S(=O)(=O)c1ccccc1F. The van der Waals surface area contributed by atoms with E-state index in [0.29, 0.717) is 5.56 Å². The van der Waals surface area contributed by atoms with E-state index in [1.54, 1.807) is 50.5 Å². The fourth-order valence-corrected chi connectivity index (χ4v) is 7.41. The highest BCUT2D eigenvalue weighted by atomic mass is 32.2. The molecule has 1 aromatic heterocycles. The van der Waals surface area contributed by atoms with Gasteiger partial charge in [0.05, 0.1) is 13.2 Å². The zero-order valence-electron chi connectivity index (χ0n) is 21.2. The van der Waals surface area contributed by atoms with E-state index in [1.165, 1.54) is 35.6 Å². The summed E-state index contributed by atoms with van der Waals surface area (Å²) in [6.45, 7) is 2.76. The van der Waals surface area contributed by atoms with Crippen molar-refractivity contribution in [2.45, 2.75) is 35.8 Å². The lowest BCUT2D eigenvalue weighted by atomic mass is 10.0. The van der Waals surface area contributed by atoms with Gasteiger partial charge in [-0.2, -0.15) is 8.61 Å². The zero-order chi connectivity index (χ0) is 27.7. The molecule has 0 saturated heterocycles. The van der Waals surface area contributed by atoms with Crippen LogP contribution in [0.3, 0.4) is 0 Å². The summed E-state index contributed by atoms with van der Waals surface area (Å²) in [5.74, 6) is -1.30. The summed E-state index contributed by atoms with van der Waals surface area (Å²) < 4.78 is 76.5. The van der Waals surface area contributed by atoms with E-state index in [4.69, 9.17) is 4.74 Å². The Morgan fingerprint density at radius 2 is 1.84 bits per heavy atom. The molecular weight excluding hydrogens is 533 g/mol. The molecular formula is C26H30FN3O6S2. The topological polar surface area (TPSA) is 117 Å². The molecule has 4 rings (SSSR count). The Balaban J connectivity index is 1.78. The van der Waals surface area contributed by atoms with Gasteiger partial charge in [0.1, 0.15) is 27.5 Å². The first-order valence-corrected chi connectivity index (χ1v) is 14.9. The molecule has 2 heterocycles. The number of ether oxygens (including phenoxy) is 1. The highest BCUT2D eigenvalue weighted by Crippen LogP contribution is 2.36. The summed E-state index contributed by atoms with van der Waals surface area (Å²) in [6.07, 6.45) is 2.43. The van der Waals surface area contributed by atoms with Crippen LogP contribution in [0.5, 0.6) is 5.75 Å². The number of nitrogens with zero attached hydrogens (tertiary/aromatic N) is 3. The number of sulfonamides is 2. The molecule has 3 atom stereocenters. The van der Waals surface area contributed by atoms with Crippen LogP contribution in [0.4, 0.5) is 4.39 Å². The van der Waals surface area contributed by atoms with Crippen LogP contribution in [0.1, 0.15) is 13.8 Å². The second-order valence-corrected chi connectivity index (χ2v) is 13.2. The maximum atomic E-state index is 14.3. The van der Waals surface area contributed by atoms with Crippen LogP contribution in [-0.4, -0.2) is 74.4 Å². The molecule has 0 fully saturated rings. The summed E-state index contributed by atoms with van der Waals surface area (Å²) in [4.78, 5) is 3.46. The fourth-order valence-electron chi connectivity index (χ4n) is 4.34. The minimum atomic E-state index is -4.20. The molecule has 0 bridgehead atoms. The molecule has 0 unspecified atom stereocenters. The highest BCUT2D eigenvalue weighted by Gasteiger charge is 2.39. The minimum absolute atomic E-state index is 0.0200. The van der Waals surface area contributed by atoms with Crippen LogP contribution >= 0.6 is 0 Å². The van der Waals surface area contributed by atoms with Crippen LogP contribution in [0, 0.1) is 11.7 Å². The van der Waals surface area contributed by atoms with E-state index in [0.717, 1.165) is 15.9 Å². The van der Waals surface area contributed by atoms with Gasteiger partial charge < -0.3 is 9.84 Å². The van der Waals surface area contributed by atoms with Gasteiger partial charge in [-0.3, -0.25) is 4.98 Å². The van der Waals surface area contributed by atoms with Crippen molar-refractivity contribution in [3.63, 3.8) is 0 Å². The van der Waals surface area contributed by atoms with Crippen LogP contribution in [-0.2, 0) is 20.0 Å². The summed E-state index contributed by atoms with van der Waals surface area (Å²) >= 11 is 0. The molecule has 204 valence electrons. The first-order valence-electron chi connectivity index (χ1n) is 12.0. The van der Waals surface area contributed by atoms with Crippen LogP contribution in [0.25, 0.3) is 11.1 Å². The molecule has 2 aromatic carbocycles. The molecule has 1 N–H and O–H groups in total. The first-order chi connectivity index (χ1) is 18.0. The number of pyridine rings is 1. The largest absolute Gasteiger partial charge is 0.487 e. The Hall–Kier alpha value is -2.90. The van der Waals surface area contributed by atoms with Gasteiger partial charge in [-0.1, -0.05) is 25.1 Å². The maximum Gasteiger partial charge on any atom is 0.247 e. The van der Waals surface area contributed by atoms with Crippen molar-refractivity contribution in [3.8, 4) is 16.9 Å². The molecule has 1 aliphatic rings. The molecule has 0 radical (unpaired) electrons. The number of aliphatic hydroxyl groups is 1. The average molecular weight is 564 g/mol. The van der Waals surface area contributed by atoms with Crippen molar-refractivity contribution in [1.82, 2.24) is 13.6 Å². The average Bonchev–Trinajstić information content (AvgIpc) is 2.90. The lowest BCUT2D eigenvalue weighted by molar-refractivity contribution is 0.0904. The number of likely N-dealkylation sites (N-methyl/N-ethyl adjacent to an activating group) is 1. The van der Waals surface area contributed by atoms with Gasteiger partial charge in [-0.25, -0.2) is 21.2 Å². The van der Waals surface area contributed by atoms with Gasteiger partial charge in [-0.05, 0) is 54.4 Å². The van der Waals surface area contributed by atoms with Crippen molar-refractivity contribution < 1.29 is 31.1 Å². The van der Waals surface area contributed by atoms with E-state index in [-0.39, 0.29) is 23.7 Å². The van der Waals surface area contributed by atoms with Crippen molar-refractivity contribution in [3.05, 3.63) is 72.8 Å². The molecule has 3 aromatic rings. The number of hydrogen-bond acceptors (Lipinski definition) is 7.